The molecule has 0 spiro atoms. The summed E-state index contributed by atoms with van der Waals surface area (Å²) in [5.74, 6) is -0.976. The number of amides is 1. The van der Waals surface area contributed by atoms with Crippen LogP contribution in [0, 0.1) is 11.8 Å². The number of piperidine rings is 1. The Morgan fingerprint density at radius 1 is 1.28 bits per heavy atom. The molecule has 0 bridgehead atoms. The minimum atomic E-state index is -3.71. The Morgan fingerprint density at radius 3 is 2.52 bits per heavy atom. The first-order valence-corrected chi connectivity index (χ1v) is 11.7. The van der Waals surface area contributed by atoms with Gasteiger partial charge >= 0.3 is 5.97 Å². The van der Waals surface area contributed by atoms with Crippen molar-refractivity contribution in [3.05, 3.63) is 29.3 Å². The second-order valence-corrected chi connectivity index (χ2v) is 9.95. The largest absolute Gasteiger partial charge is 0.465 e. The lowest BCUT2D eigenvalue weighted by Crippen LogP contribution is -2.48. The lowest BCUT2D eigenvalue weighted by atomic mass is 9.97. The van der Waals surface area contributed by atoms with Gasteiger partial charge in [0, 0.05) is 24.7 Å². The molecule has 0 aromatic heterocycles. The first-order chi connectivity index (χ1) is 13.6. The molecule has 1 amide bonds. The Hall–Kier alpha value is -1.64. The van der Waals surface area contributed by atoms with E-state index in [1.54, 1.807) is 6.92 Å². The summed E-state index contributed by atoms with van der Waals surface area (Å²) in [5, 5.41) is 0.457. The van der Waals surface area contributed by atoms with Crippen molar-refractivity contribution in [2.75, 3.05) is 32.8 Å². The number of halogens is 1. The molecule has 1 heterocycles. The number of hydrogen-bond acceptors (Lipinski definition) is 5. The van der Waals surface area contributed by atoms with Gasteiger partial charge in [0.05, 0.1) is 17.4 Å². The molecule has 1 atom stereocenters. The molecule has 1 aromatic carbocycles. The van der Waals surface area contributed by atoms with Gasteiger partial charge in [-0.25, -0.2) is 8.42 Å². The van der Waals surface area contributed by atoms with Gasteiger partial charge in [-0.15, -0.1) is 0 Å². The summed E-state index contributed by atoms with van der Waals surface area (Å²) in [4.78, 5) is 26.7. The van der Waals surface area contributed by atoms with E-state index in [1.807, 2.05) is 13.8 Å². The van der Waals surface area contributed by atoms with Gasteiger partial charge in [-0.1, -0.05) is 25.4 Å². The average molecular weight is 445 g/mol. The van der Waals surface area contributed by atoms with Crippen molar-refractivity contribution in [2.24, 2.45) is 11.8 Å². The fourth-order valence-corrected chi connectivity index (χ4v) is 5.06. The van der Waals surface area contributed by atoms with Crippen molar-refractivity contribution in [3.8, 4) is 0 Å². The fourth-order valence-electron chi connectivity index (χ4n) is 3.41. The summed E-state index contributed by atoms with van der Waals surface area (Å²) in [5.41, 5.74) is 0. The van der Waals surface area contributed by atoms with Gasteiger partial charge in [-0.3, -0.25) is 9.59 Å². The average Bonchev–Trinajstić information content (AvgIpc) is 2.67. The number of carbonyl (C=O) groups excluding carboxylic acids is 2. The van der Waals surface area contributed by atoms with Crippen LogP contribution in [0.5, 0.6) is 0 Å². The maximum atomic E-state index is 13.1. The smallest absolute Gasteiger partial charge is 0.325 e. The Labute approximate surface area is 178 Å². The van der Waals surface area contributed by atoms with Crippen LogP contribution in [0.1, 0.15) is 33.6 Å². The molecular weight excluding hydrogens is 416 g/mol. The quantitative estimate of drug-likeness (QED) is 0.575. The number of sulfonamides is 1. The van der Waals surface area contributed by atoms with Crippen LogP contribution in [0.4, 0.5) is 0 Å². The zero-order valence-electron chi connectivity index (χ0n) is 17.1. The van der Waals surface area contributed by atoms with Crippen molar-refractivity contribution < 1.29 is 22.7 Å². The van der Waals surface area contributed by atoms with E-state index in [1.165, 1.54) is 33.5 Å². The highest BCUT2D eigenvalue weighted by molar-refractivity contribution is 7.89. The van der Waals surface area contributed by atoms with Gasteiger partial charge < -0.3 is 9.64 Å². The second-order valence-electron chi connectivity index (χ2n) is 7.57. The normalized spacial score (nSPS) is 17.9. The minimum Gasteiger partial charge on any atom is -0.465 e. The molecule has 29 heavy (non-hydrogen) atoms. The fraction of sp³-hybridized carbons (Fsp3) is 0.600. The first-order valence-electron chi connectivity index (χ1n) is 9.85. The SMILES string of the molecule is CCOC(=O)CN(CC(C)C)C(=O)[C@H]1CCCN(S(=O)(=O)c2ccc(Cl)cc2)C1. The van der Waals surface area contributed by atoms with Crippen molar-refractivity contribution in [1.82, 2.24) is 9.21 Å². The van der Waals surface area contributed by atoms with Gasteiger partial charge in [-0.2, -0.15) is 4.31 Å². The summed E-state index contributed by atoms with van der Waals surface area (Å²) in [6.45, 7) is 6.64. The number of ether oxygens (including phenoxy) is 1. The van der Waals surface area contributed by atoms with Gasteiger partial charge in [0.15, 0.2) is 0 Å². The number of rotatable bonds is 8. The van der Waals surface area contributed by atoms with Crippen LogP contribution in [-0.2, 0) is 24.3 Å². The molecule has 1 aliphatic heterocycles. The third kappa shape index (κ3) is 6.42. The van der Waals surface area contributed by atoms with E-state index in [4.69, 9.17) is 16.3 Å². The molecule has 0 radical (unpaired) electrons. The molecule has 162 valence electrons. The van der Waals surface area contributed by atoms with Crippen LogP contribution >= 0.6 is 11.6 Å². The van der Waals surface area contributed by atoms with Crippen molar-refractivity contribution >= 4 is 33.5 Å². The molecule has 2 rings (SSSR count). The summed E-state index contributed by atoms with van der Waals surface area (Å²) >= 11 is 5.86. The Balaban J connectivity index is 2.15. The van der Waals surface area contributed by atoms with E-state index in [-0.39, 0.29) is 36.4 Å². The predicted molar refractivity (Wildman–Crippen MR) is 111 cm³/mol. The van der Waals surface area contributed by atoms with E-state index in [2.05, 4.69) is 0 Å². The van der Waals surface area contributed by atoms with Gasteiger partial charge in [-0.05, 0) is 49.9 Å². The molecule has 1 aliphatic rings. The molecule has 1 fully saturated rings. The summed E-state index contributed by atoms with van der Waals surface area (Å²) in [6, 6.07) is 6.00. The Morgan fingerprint density at radius 2 is 1.93 bits per heavy atom. The zero-order valence-corrected chi connectivity index (χ0v) is 18.7. The molecule has 1 saturated heterocycles. The van der Waals surface area contributed by atoms with Crippen molar-refractivity contribution in [2.45, 2.75) is 38.5 Å². The predicted octanol–water partition coefficient (Wildman–Crippen LogP) is 2.79. The van der Waals surface area contributed by atoms with E-state index < -0.39 is 21.9 Å². The highest BCUT2D eigenvalue weighted by Gasteiger charge is 2.35. The summed E-state index contributed by atoms with van der Waals surface area (Å²) < 4.78 is 32.3. The van der Waals surface area contributed by atoms with Crippen LogP contribution in [-0.4, -0.2) is 62.3 Å². The highest BCUT2D eigenvalue weighted by Crippen LogP contribution is 2.26. The van der Waals surface area contributed by atoms with Crippen LogP contribution in [0.25, 0.3) is 0 Å². The highest BCUT2D eigenvalue weighted by atomic mass is 35.5. The molecule has 0 unspecified atom stereocenters. The molecule has 0 saturated carbocycles. The molecule has 0 aliphatic carbocycles. The van der Waals surface area contributed by atoms with Crippen molar-refractivity contribution in [3.63, 3.8) is 0 Å². The molecule has 9 heteroatoms. The van der Waals surface area contributed by atoms with Gasteiger partial charge in [0.25, 0.3) is 0 Å². The maximum Gasteiger partial charge on any atom is 0.325 e. The number of esters is 1. The van der Waals surface area contributed by atoms with Crippen LogP contribution in [0.3, 0.4) is 0 Å². The number of nitrogens with zero attached hydrogens (tertiary/aromatic N) is 2. The summed E-state index contributed by atoms with van der Waals surface area (Å²) in [7, 11) is -3.71. The second kappa shape index (κ2) is 10.4. The van der Waals surface area contributed by atoms with Gasteiger partial charge in [0.1, 0.15) is 6.54 Å². The van der Waals surface area contributed by atoms with Gasteiger partial charge in [0.2, 0.25) is 15.9 Å². The first kappa shape index (κ1) is 23.6. The van der Waals surface area contributed by atoms with Crippen LogP contribution < -0.4 is 0 Å². The standard InChI is InChI=1S/C20H29ClN2O5S/c1-4-28-19(24)14-22(12-15(2)3)20(25)16-6-5-11-23(13-16)29(26,27)18-9-7-17(21)8-10-18/h7-10,15-16H,4-6,11-14H2,1-3H3/t16-/m0/s1. The topological polar surface area (TPSA) is 84.0 Å². The van der Waals surface area contributed by atoms with Crippen LogP contribution in [0.2, 0.25) is 5.02 Å². The molecule has 0 N–H and O–H groups in total. The van der Waals surface area contributed by atoms with E-state index in [9.17, 15) is 18.0 Å². The number of benzene rings is 1. The third-order valence-electron chi connectivity index (χ3n) is 4.71. The van der Waals surface area contributed by atoms with E-state index >= 15 is 0 Å². The van der Waals surface area contributed by atoms with Crippen LogP contribution in [0.15, 0.2) is 29.2 Å². The third-order valence-corrected chi connectivity index (χ3v) is 6.84. The molecule has 7 nitrogen and oxygen atoms in total. The Bertz CT molecular complexity index is 811. The minimum absolute atomic E-state index is 0.0984. The maximum absolute atomic E-state index is 13.1. The molecular formula is C20H29ClN2O5S. The summed E-state index contributed by atoms with van der Waals surface area (Å²) in [6.07, 6.45) is 1.17. The monoisotopic (exact) mass is 444 g/mol. The van der Waals surface area contributed by atoms with E-state index in [0.29, 0.717) is 31.0 Å². The Kier molecular flexibility index (Phi) is 8.48. The lowest BCUT2D eigenvalue weighted by molar-refractivity contribution is -0.151. The van der Waals surface area contributed by atoms with E-state index in [0.717, 1.165) is 0 Å². The zero-order chi connectivity index (χ0) is 21.6. The number of hydrogen-bond donors (Lipinski definition) is 0. The van der Waals surface area contributed by atoms with Crippen molar-refractivity contribution in [1.29, 1.82) is 0 Å². The molecule has 1 aromatic rings. The number of carbonyl (C=O) groups is 2. The lowest BCUT2D eigenvalue weighted by Gasteiger charge is -2.34.